The summed E-state index contributed by atoms with van der Waals surface area (Å²) in [4.78, 5) is 46.4. The second-order valence-corrected chi connectivity index (χ2v) is 10.2. The highest BCUT2D eigenvalue weighted by Gasteiger charge is 2.78. The lowest BCUT2D eigenvalue weighted by Gasteiger charge is -2.36. The number of hydrogen-bond donors (Lipinski definition) is 1. The summed E-state index contributed by atoms with van der Waals surface area (Å²) in [6.07, 6.45) is 2.65. The van der Waals surface area contributed by atoms with E-state index in [1.165, 1.54) is 4.90 Å². The maximum absolute atomic E-state index is 14.3. The summed E-state index contributed by atoms with van der Waals surface area (Å²) >= 11 is 0. The fourth-order valence-corrected chi connectivity index (χ4v) is 6.67. The number of aliphatic hydroxyl groups excluding tert-OH is 1. The Morgan fingerprint density at radius 3 is 2.41 bits per heavy atom. The van der Waals surface area contributed by atoms with Crippen LogP contribution in [0, 0.1) is 11.8 Å². The average Bonchev–Trinajstić information content (AvgIpc) is 3.45. The molecule has 202 valence electrons. The molecule has 5 atom stereocenters. The maximum Gasteiger partial charge on any atom is 0.312 e. The number of esters is 1. The Hall–Kier alpha value is -2.91. The Bertz CT molecular complexity index is 1040. The molecule has 3 fully saturated rings. The molecule has 1 aromatic rings. The largest absolute Gasteiger partial charge is 0.466 e. The van der Waals surface area contributed by atoms with Crippen molar-refractivity contribution in [2.45, 2.75) is 57.8 Å². The van der Waals surface area contributed by atoms with Crippen molar-refractivity contribution >= 4 is 29.2 Å². The summed E-state index contributed by atoms with van der Waals surface area (Å²) < 4.78 is 11.9. The molecule has 1 aromatic carbocycles. The topological polar surface area (TPSA) is 99.6 Å². The van der Waals surface area contributed by atoms with Crippen molar-refractivity contribution in [3.63, 3.8) is 0 Å². The van der Waals surface area contributed by atoms with E-state index in [-0.39, 0.29) is 38.1 Å². The molecule has 2 amide bonds. The van der Waals surface area contributed by atoms with Gasteiger partial charge in [-0.05, 0) is 64.8 Å². The predicted molar refractivity (Wildman–Crippen MR) is 140 cm³/mol. The Morgan fingerprint density at radius 1 is 1.19 bits per heavy atom. The molecule has 3 aliphatic heterocycles. The van der Waals surface area contributed by atoms with E-state index in [1.807, 2.05) is 31.2 Å². The Kier molecular flexibility index (Phi) is 7.67. The van der Waals surface area contributed by atoms with Gasteiger partial charge in [0, 0.05) is 37.6 Å². The van der Waals surface area contributed by atoms with Crippen LogP contribution in [0.1, 0.15) is 40.5 Å². The van der Waals surface area contributed by atoms with Gasteiger partial charge < -0.3 is 29.3 Å². The fraction of sp³-hybridized carbons (Fsp3) is 0.607. The number of fused-ring (bicyclic) bond motifs is 1. The van der Waals surface area contributed by atoms with Gasteiger partial charge in [-0.2, -0.15) is 0 Å². The Morgan fingerprint density at radius 2 is 1.84 bits per heavy atom. The predicted octanol–water partition coefficient (Wildman–Crippen LogP) is 2.37. The molecule has 1 spiro atoms. The molecule has 37 heavy (non-hydrogen) atoms. The molecule has 4 rings (SSSR count). The van der Waals surface area contributed by atoms with Crippen LogP contribution in [0.15, 0.2) is 36.9 Å². The van der Waals surface area contributed by atoms with Crippen LogP contribution in [0.5, 0.6) is 0 Å². The van der Waals surface area contributed by atoms with E-state index < -0.39 is 35.0 Å². The molecule has 3 heterocycles. The summed E-state index contributed by atoms with van der Waals surface area (Å²) in [5.41, 5.74) is -0.307. The molecule has 2 bridgehead atoms. The number of hydrogen-bond acceptors (Lipinski definition) is 7. The Labute approximate surface area is 219 Å². The van der Waals surface area contributed by atoms with Crippen LogP contribution in [0.2, 0.25) is 0 Å². The monoisotopic (exact) mass is 513 g/mol. The third kappa shape index (κ3) is 4.22. The number of carbonyl (C=O) groups is 3. The second kappa shape index (κ2) is 10.5. The van der Waals surface area contributed by atoms with Gasteiger partial charge >= 0.3 is 5.97 Å². The summed E-state index contributed by atoms with van der Waals surface area (Å²) in [5.74, 6) is -2.76. The highest BCUT2D eigenvalue weighted by Crippen LogP contribution is 2.63. The number of β-amino-alcohol motifs (C(OH)–C–C–N with tert-alkyl or cyclic N) is 1. The van der Waals surface area contributed by atoms with E-state index in [9.17, 15) is 19.5 Å². The minimum absolute atomic E-state index is 0.0219. The maximum atomic E-state index is 14.3. The van der Waals surface area contributed by atoms with Gasteiger partial charge in [0.05, 0.1) is 24.7 Å². The summed E-state index contributed by atoms with van der Waals surface area (Å²) in [5, 5.41) is 9.80. The van der Waals surface area contributed by atoms with Crippen molar-refractivity contribution in [1.82, 2.24) is 4.90 Å². The number of aliphatic hydroxyl groups is 1. The lowest BCUT2D eigenvalue weighted by Crippen LogP contribution is -2.56. The van der Waals surface area contributed by atoms with Crippen LogP contribution in [0.3, 0.4) is 0 Å². The van der Waals surface area contributed by atoms with Gasteiger partial charge in [-0.25, -0.2) is 0 Å². The summed E-state index contributed by atoms with van der Waals surface area (Å²) in [6.45, 7) is 13.4. The van der Waals surface area contributed by atoms with Gasteiger partial charge in [-0.1, -0.05) is 6.08 Å². The fourth-order valence-electron chi connectivity index (χ4n) is 6.67. The van der Waals surface area contributed by atoms with E-state index in [1.54, 1.807) is 17.9 Å². The summed E-state index contributed by atoms with van der Waals surface area (Å²) in [6, 6.07) is 6.78. The van der Waals surface area contributed by atoms with Crippen molar-refractivity contribution in [2.24, 2.45) is 11.8 Å². The van der Waals surface area contributed by atoms with Gasteiger partial charge in [0.2, 0.25) is 5.91 Å². The number of nitrogens with zero attached hydrogens (tertiary/aromatic N) is 3. The molecular formula is C28H39N3O6. The van der Waals surface area contributed by atoms with Crippen LogP contribution in [-0.2, 0) is 23.9 Å². The second-order valence-electron chi connectivity index (χ2n) is 10.2. The standard InChI is InChI=1S/C28H39N3O6/c1-6-16-30(20-12-10-19(11-13-20)29(7-2)8-3)25(34)23-28-15-14-27(5,37-28)22(26(35)36-9-4)21(28)24(33)31(23)17-18-32/h6,10-13,21-23,32H,1,7-9,14-18H2,2-5H3/t21-,22+,23?,27-,28?/m0/s1. The lowest BCUT2D eigenvalue weighted by atomic mass is 9.66. The number of amides is 2. The number of ether oxygens (including phenoxy) is 2. The van der Waals surface area contributed by atoms with E-state index in [0.717, 1.165) is 18.8 Å². The van der Waals surface area contributed by atoms with E-state index in [2.05, 4.69) is 25.3 Å². The van der Waals surface area contributed by atoms with Gasteiger partial charge in [-0.15, -0.1) is 6.58 Å². The number of carbonyl (C=O) groups excluding carboxylic acids is 3. The molecule has 1 N–H and O–H groups in total. The molecule has 9 heteroatoms. The zero-order chi connectivity index (χ0) is 27.0. The normalized spacial score (nSPS) is 29.8. The molecule has 2 unspecified atom stereocenters. The number of rotatable bonds is 11. The van der Waals surface area contributed by atoms with Gasteiger partial charge in [0.25, 0.3) is 5.91 Å². The molecule has 0 radical (unpaired) electrons. The number of benzene rings is 1. The smallest absolute Gasteiger partial charge is 0.312 e. The van der Waals surface area contributed by atoms with Crippen molar-refractivity contribution in [2.75, 3.05) is 49.2 Å². The van der Waals surface area contributed by atoms with Crippen LogP contribution in [-0.4, -0.2) is 84.4 Å². The van der Waals surface area contributed by atoms with E-state index >= 15 is 0 Å². The summed E-state index contributed by atoms with van der Waals surface area (Å²) in [7, 11) is 0. The van der Waals surface area contributed by atoms with Crippen LogP contribution >= 0.6 is 0 Å². The van der Waals surface area contributed by atoms with Gasteiger partial charge in [-0.3, -0.25) is 14.4 Å². The molecular weight excluding hydrogens is 474 g/mol. The Balaban J connectivity index is 1.74. The first-order valence-electron chi connectivity index (χ1n) is 13.3. The minimum Gasteiger partial charge on any atom is -0.466 e. The quantitative estimate of drug-likeness (QED) is 0.358. The van der Waals surface area contributed by atoms with Crippen LogP contribution in [0.4, 0.5) is 11.4 Å². The van der Waals surface area contributed by atoms with Crippen molar-refractivity contribution in [1.29, 1.82) is 0 Å². The number of likely N-dealkylation sites (tertiary alicyclic amines) is 1. The van der Waals surface area contributed by atoms with Crippen LogP contribution in [0.25, 0.3) is 0 Å². The first kappa shape index (κ1) is 27.1. The van der Waals surface area contributed by atoms with Crippen molar-refractivity contribution in [3.05, 3.63) is 36.9 Å². The third-order valence-electron chi connectivity index (χ3n) is 8.26. The molecule has 9 nitrogen and oxygen atoms in total. The zero-order valence-electron chi connectivity index (χ0n) is 22.3. The molecule has 3 aliphatic rings. The third-order valence-corrected chi connectivity index (χ3v) is 8.26. The van der Waals surface area contributed by atoms with E-state index in [4.69, 9.17) is 9.47 Å². The lowest BCUT2D eigenvalue weighted by molar-refractivity contribution is -0.159. The first-order chi connectivity index (χ1) is 17.7. The zero-order valence-corrected chi connectivity index (χ0v) is 22.3. The van der Waals surface area contributed by atoms with Crippen molar-refractivity contribution in [3.8, 4) is 0 Å². The highest BCUT2D eigenvalue weighted by atomic mass is 16.6. The number of anilines is 2. The average molecular weight is 514 g/mol. The highest BCUT2D eigenvalue weighted by molar-refractivity contribution is 6.05. The van der Waals surface area contributed by atoms with Gasteiger partial charge in [0.15, 0.2) is 0 Å². The van der Waals surface area contributed by atoms with E-state index in [0.29, 0.717) is 18.5 Å². The molecule has 0 aromatic heterocycles. The van der Waals surface area contributed by atoms with Gasteiger partial charge in [0.1, 0.15) is 17.6 Å². The van der Waals surface area contributed by atoms with Crippen LogP contribution < -0.4 is 9.80 Å². The molecule has 0 aliphatic carbocycles. The molecule has 0 saturated carbocycles. The minimum atomic E-state index is -1.16. The SMILES string of the molecule is C=CCN(C(=O)C1N(CCO)C(=O)[C@@H]2[C@H](C(=O)OCC)[C@]3(C)CCC12O3)c1ccc(N(CC)CC)cc1. The molecule has 3 saturated heterocycles. The first-order valence-corrected chi connectivity index (χ1v) is 13.3. The van der Waals surface area contributed by atoms with Crippen molar-refractivity contribution < 1.29 is 29.0 Å².